The summed E-state index contributed by atoms with van der Waals surface area (Å²) in [6, 6.07) is 3.82. The number of nitrogens with zero attached hydrogens (tertiary/aromatic N) is 2. The standard InChI is InChI=1S/C13H17Cl2N3S/c1-3-8-5-9(18(4-2)17-8)6-11(16)10-7-12(14)19-13(10)15/h5,7,11H,3-4,6,16H2,1-2H3. The Bertz CT molecular complexity index is 562. The molecule has 0 aromatic carbocycles. The summed E-state index contributed by atoms with van der Waals surface area (Å²) in [4.78, 5) is 0. The smallest absolute Gasteiger partial charge is 0.0992 e. The van der Waals surface area contributed by atoms with Gasteiger partial charge in [0.25, 0.3) is 0 Å². The summed E-state index contributed by atoms with van der Waals surface area (Å²) in [5, 5.41) is 4.53. The molecule has 0 saturated carbocycles. The van der Waals surface area contributed by atoms with Gasteiger partial charge in [0, 0.05) is 30.3 Å². The minimum absolute atomic E-state index is 0.150. The zero-order valence-corrected chi connectivity index (χ0v) is 13.3. The third kappa shape index (κ3) is 3.31. The zero-order chi connectivity index (χ0) is 14.0. The van der Waals surface area contributed by atoms with E-state index in [1.165, 1.54) is 11.3 Å². The fourth-order valence-electron chi connectivity index (χ4n) is 2.07. The van der Waals surface area contributed by atoms with Gasteiger partial charge >= 0.3 is 0 Å². The van der Waals surface area contributed by atoms with Gasteiger partial charge in [-0.15, -0.1) is 11.3 Å². The molecule has 0 aliphatic heterocycles. The first-order chi connectivity index (χ1) is 9.05. The molecule has 2 N–H and O–H groups in total. The predicted molar refractivity (Wildman–Crippen MR) is 82.3 cm³/mol. The molecule has 1 atom stereocenters. The van der Waals surface area contributed by atoms with Gasteiger partial charge in [-0.25, -0.2) is 0 Å². The van der Waals surface area contributed by atoms with Crippen LogP contribution < -0.4 is 5.73 Å². The lowest BCUT2D eigenvalue weighted by Gasteiger charge is -2.11. The zero-order valence-electron chi connectivity index (χ0n) is 11.0. The van der Waals surface area contributed by atoms with Crippen molar-refractivity contribution in [3.63, 3.8) is 0 Å². The van der Waals surface area contributed by atoms with Gasteiger partial charge < -0.3 is 5.73 Å². The minimum atomic E-state index is -0.150. The number of aryl methyl sites for hydroxylation is 2. The molecule has 0 bridgehead atoms. The molecular weight excluding hydrogens is 301 g/mol. The third-order valence-corrected chi connectivity index (χ3v) is 4.61. The summed E-state index contributed by atoms with van der Waals surface area (Å²) in [5.74, 6) is 0. The van der Waals surface area contributed by atoms with Crippen LogP contribution in [0.2, 0.25) is 8.67 Å². The second-order valence-electron chi connectivity index (χ2n) is 4.39. The van der Waals surface area contributed by atoms with E-state index < -0.39 is 0 Å². The van der Waals surface area contributed by atoms with E-state index in [4.69, 9.17) is 28.9 Å². The van der Waals surface area contributed by atoms with Crippen molar-refractivity contribution < 1.29 is 0 Å². The average Bonchev–Trinajstić information content (AvgIpc) is 2.92. The topological polar surface area (TPSA) is 43.8 Å². The van der Waals surface area contributed by atoms with Gasteiger partial charge in [0.05, 0.1) is 14.4 Å². The minimum Gasteiger partial charge on any atom is -0.324 e. The van der Waals surface area contributed by atoms with Crippen molar-refractivity contribution in [3.05, 3.63) is 37.8 Å². The van der Waals surface area contributed by atoms with Crippen LogP contribution in [0, 0.1) is 0 Å². The van der Waals surface area contributed by atoms with Crippen LogP contribution in [0.5, 0.6) is 0 Å². The van der Waals surface area contributed by atoms with E-state index in [9.17, 15) is 0 Å². The van der Waals surface area contributed by atoms with Gasteiger partial charge in [-0.2, -0.15) is 5.10 Å². The molecule has 2 rings (SSSR count). The lowest BCUT2D eigenvalue weighted by atomic mass is 10.1. The Morgan fingerprint density at radius 1 is 1.37 bits per heavy atom. The largest absolute Gasteiger partial charge is 0.324 e. The maximum absolute atomic E-state index is 6.24. The molecule has 2 aromatic heterocycles. The fraction of sp³-hybridized carbons (Fsp3) is 0.462. The number of rotatable bonds is 5. The maximum atomic E-state index is 6.24. The van der Waals surface area contributed by atoms with Gasteiger partial charge in [0.2, 0.25) is 0 Å². The van der Waals surface area contributed by atoms with Crippen LogP contribution in [0.15, 0.2) is 12.1 Å². The Balaban J connectivity index is 2.20. The van der Waals surface area contributed by atoms with E-state index in [0.29, 0.717) is 15.1 Å². The molecule has 1 unspecified atom stereocenters. The third-order valence-electron chi connectivity index (χ3n) is 3.09. The second kappa shape index (κ2) is 6.27. The molecular formula is C13H17Cl2N3S. The summed E-state index contributed by atoms with van der Waals surface area (Å²) in [6.07, 6.45) is 1.65. The summed E-state index contributed by atoms with van der Waals surface area (Å²) >= 11 is 13.5. The first-order valence-electron chi connectivity index (χ1n) is 6.31. The highest BCUT2D eigenvalue weighted by Crippen LogP contribution is 2.35. The van der Waals surface area contributed by atoms with Crippen LogP contribution in [0.25, 0.3) is 0 Å². The Labute approximate surface area is 127 Å². The van der Waals surface area contributed by atoms with Gasteiger partial charge in [0.1, 0.15) is 0 Å². The molecule has 0 saturated heterocycles. The molecule has 0 aliphatic carbocycles. The quantitative estimate of drug-likeness (QED) is 0.903. The van der Waals surface area contributed by atoms with Gasteiger partial charge in [0.15, 0.2) is 0 Å². The van der Waals surface area contributed by atoms with Crippen molar-refractivity contribution in [1.29, 1.82) is 0 Å². The molecule has 104 valence electrons. The summed E-state index contributed by atoms with van der Waals surface area (Å²) in [7, 11) is 0. The average molecular weight is 318 g/mol. The highest BCUT2D eigenvalue weighted by molar-refractivity contribution is 7.20. The van der Waals surface area contributed by atoms with Gasteiger partial charge in [-0.1, -0.05) is 30.1 Å². The van der Waals surface area contributed by atoms with E-state index in [-0.39, 0.29) is 6.04 Å². The molecule has 19 heavy (non-hydrogen) atoms. The van der Waals surface area contributed by atoms with Crippen molar-refractivity contribution in [1.82, 2.24) is 9.78 Å². The summed E-state index contributed by atoms with van der Waals surface area (Å²) in [5.41, 5.74) is 9.39. The summed E-state index contributed by atoms with van der Waals surface area (Å²) < 4.78 is 3.35. The van der Waals surface area contributed by atoms with Crippen molar-refractivity contribution >= 4 is 34.5 Å². The Morgan fingerprint density at radius 3 is 2.63 bits per heavy atom. The molecule has 0 spiro atoms. The molecule has 0 radical (unpaired) electrons. The van der Waals surface area contributed by atoms with Crippen LogP contribution in [0.4, 0.5) is 0 Å². The molecule has 2 aromatic rings. The van der Waals surface area contributed by atoms with Crippen LogP contribution in [-0.4, -0.2) is 9.78 Å². The number of nitrogens with two attached hydrogens (primary N) is 1. The number of thiophene rings is 1. The first kappa shape index (κ1) is 14.9. The van der Waals surface area contributed by atoms with Crippen LogP contribution in [-0.2, 0) is 19.4 Å². The normalized spacial score (nSPS) is 12.9. The lowest BCUT2D eigenvalue weighted by Crippen LogP contribution is -2.15. The lowest BCUT2D eigenvalue weighted by molar-refractivity contribution is 0.586. The van der Waals surface area contributed by atoms with E-state index in [2.05, 4.69) is 25.0 Å². The SMILES string of the molecule is CCc1cc(CC(N)c2cc(Cl)sc2Cl)n(CC)n1. The van der Waals surface area contributed by atoms with Crippen molar-refractivity contribution in [3.8, 4) is 0 Å². The van der Waals surface area contributed by atoms with Crippen molar-refractivity contribution in [2.24, 2.45) is 5.73 Å². The van der Waals surface area contributed by atoms with Crippen molar-refractivity contribution in [2.45, 2.75) is 39.3 Å². The van der Waals surface area contributed by atoms with E-state index >= 15 is 0 Å². The predicted octanol–water partition coefficient (Wildman–Crippen LogP) is 4.08. The molecule has 0 aliphatic rings. The Morgan fingerprint density at radius 2 is 2.11 bits per heavy atom. The van der Waals surface area contributed by atoms with E-state index in [1.54, 1.807) is 0 Å². The Hall–Kier alpha value is -0.550. The second-order valence-corrected chi connectivity index (χ2v) is 6.67. The highest BCUT2D eigenvalue weighted by Gasteiger charge is 2.17. The molecule has 2 heterocycles. The van der Waals surface area contributed by atoms with E-state index in [1.807, 2.05) is 10.7 Å². The molecule has 0 amide bonds. The maximum Gasteiger partial charge on any atom is 0.0992 e. The van der Waals surface area contributed by atoms with Crippen molar-refractivity contribution in [2.75, 3.05) is 0 Å². The number of halogens is 2. The van der Waals surface area contributed by atoms with Gasteiger partial charge in [-0.05, 0) is 25.5 Å². The van der Waals surface area contributed by atoms with Crippen LogP contribution in [0.1, 0.15) is 36.8 Å². The molecule has 0 fully saturated rings. The van der Waals surface area contributed by atoms with E-state index in [0.717, 1.165) is 29.9 Å². The number of hydrogen-bond donors (Lipinski definition) is 1. The highest BCUT2D eigenvalue weighted by atomic mass is 35.5. The molecule has 6 heteroatoms. The Kier molecular flexibility index (Phi) is 4.90. The van der Waals surface area contributed by atoms with Crippen LogP contribution >= 0.6 is 34.5 Å². The first-order valence-corrected chi connectivity index (χ1v) is 7.88. The number of aromatic nitrogens is 2. The monoisotopic (exact) mass is 317 g/mol. The number of hydrogen-bond acceptors (Lipinski definition) is 3. The molecule has 3 nitrogen and oxygen atoms in total. The summed E-state index contributed by atoms with van der Waals surface area (Å²) in [6.45, 7) is 5.03. The van der Waals surface area contributed by atoms with Gasteiger partial charge in [-0.3, -0.25) is 4.68 Å². The fourth-order valence-corrected chi connectivity index (χ4v) is 3.66. The van der Waals surface area contributed by atoms with Crippen LogP contribution in [0.3, 0.4) is 0 Å².